The van der Waals surface area contributed by atoms with Gasteiger partial charge in [0.2, 0.25) is 0 Å². The zero-order valence-corrected chi connectivity index (χ0v) is 10.4. The third-order valence-electron chi connectivity index (χ3n) is 2.83. The van der Waals surface area contributed by atoms with Crippen LogP contribution in [-0.2, 0) is 11.3 Å². The normalized spacial score (nSPS) is 13.7. The lowest BCUT2D eigenvalue weighted by Gasteiger charge is -2.20. The van der Waals surface area contributed by atoms with Crippen molar-refractivity contribution >= 4 is 17.6 Å². The van der Waals surface area contributed by atoms with Crippen LogP contribution in [0, 0.1) is 0 Å². The number of nitrogens with one attached hydrogen (secondary N) is 1. The van der Waals surface area contributed by atoms with Crippen LogP contribution in [0.3, 0.4) is 0 Å². The number of hydrogen-bond donors (Lipinski definition) is 2. The molecule has 0 saturated carbocycles. The van der Waals surface area contributed by atoms with Crippen molar-refractivity contribution in [2.45, 2.75) is 6.61 Å². The Bertz CT molecular complexity index is 653. The Kier molecular flexibility index (Phi) is 2.88. The minimum atomic E-state index is -1.08. The van der Waals surface area contributed by atoms with Crippen molar-refractivity contribution in [3.63, 3.8) is 0 Å². The molecule has 0 radical (unpaired) electrons. The first-order valence-electron chi connectivity index (χ1n) is 5.48. The average molecular weight is 281 g/mol. The number of carboxylic acid groups (broad SMARTS) is 1. The first-order valence-corrected chi connectivity index (χ1v) is 5.85. The quantitative estimate of drug-likeness (QED) is 0.882. The van der Waals surface area contributed by atoms with Crippen molar-refractivity contribution in [2.24, 2.45) is 0 Å². The number of ether oxygens (including phenoxy) is 2. The summed E-state index contributed by atoms with van der Waals surface area (Å²) in [6.45, 7) is 0.537. The van der Waals surface area contributed by atoms with Crippen molar-refractivity contribution in [2.75, 3.05) is 6.79 Å². The third-order valence-corrected chi connectivity index (χ3v) is 3.14. The molecule has 0 atom stereocenters. The van der Waals surface area contributed by atoms with E-state index in [0.29, 0.717) is 28.6 Å². The topological polar surface area (TPSA) is 84.4 Å². The second-order valence-corrected chi connectivity index (χ2v) is 4.39. The molecule has 0 bridgehead atoms. The van der Waals surface area contributed by atoms with Gasteiger partial charge in [0.15, 0.2) is 6.79 Å². The number of halogens is 1. The molecule has 0 spiro atoms. The lowest BCUT2D eigenvalue weighted by atomic mass is 10.0. The molecule has 0 fully saturated rings. The fourth-order valence-corrected chi connectivity index (χ4v) is 2.24. The molecule has 0 unspecified atom stereocenters. The van der Waals surface area contributed by atoms with Crippen molar-refractivity contribution in [3.05, 3.63) is 34.5 Å². The molecule has 2 N–H and O–H groups in total. The number of H-pyrrole nitrogens is 1. The van der Waals surface area contributed by atoms with Crippen LogP contribution >= 0.6 is 11.6 Å². The standard InChI is InChI=1S/C12H9ClN2O4/c13-7-1-2-10-6(4-18-5-19-10)11(7)8-3-9(12(16)17)15-14-8/h1-3H,4-5H2,(H,14,15)(H,16,17). The number of aromatic amines is 1. The van der Waals surface area contributed by atoms with Gasteiger partial charge in [-0.05, 0) is 18.2 Å². The van der Waals surface area contributed by atoms with Crippen LogP contribution in [0.25, 0.3) is 11.3 Å². The summed E-state index contributed by atoms with van der Waals surface area (Å²) in [4.78, 5) is 10.9. The molecule has 19 heavy (non-hydrogen) atoms. The van der Waals surface area contributed by atoms with E-state index in [2.05, 4.69) is 10.2 Å². The SMILES string of the molecule is O=C(O)c1cc(-c2c(Cl)ccc3c2COCO3)n[nH]1. The van der Waals surface area contributed by atoms with E-state index in [9.17, 15) is 4.79 Å². The monoisotopic (exact) mass is 280 g/mol. The minimum Gasteiger partial charge on any atom is -0.477 e. The van der Waals surface area contributed by atoms with Crippen LogP contribution in [0.1, 0.15) is 16.1 Å². The van der Waals surface area contributed by atoms with Gasteiger partial charge >= 0.3 is 5.97 Å². The summed E-state index contributed by atoms with van der Waals surface area (Å²) in [5.74, 6) is -0.405. The Morgan fingerprint density at radius 2 is 2.32 bits per heavy atom. The number of aromatic nitrogens is 2. The molecule has 7 heteroatoms. The molecule has 3 rings (SSSR count). The highest BCUT2D eigenvalue weighted by atomic mass is 35.5. The smallest absolute Gasteiger partial charge is 0.353 e. The van der Waals surface area contributed by atoms with Crippen molar-refractivity contribution in [1.29, 1.82) is 0 Å². The fourth-order valence-electron chi connectivity index (χ4n) is 1.96. The number of rotatable bonds is 2. The molecule has 0 aliphatic carbocycles. The predicted molar refractivity (Wildman–Crippen MR) is 66.3 cm³/mol. The Morgan fingerprint density at radius 3 is 3.05 bits per heavy atom. The molecule has 6 nitrogen and oxygen atoms in total. The predicted octanol–water partition coefficient (Wildman–Crippen LogP) is 2.29. The maximum Gasteiger partial charge on any atom is 0.353 e. The van der Waals surface area contributed by atoms with Crippen LogP contribution < -0.4 is 4.74 Å². The molecule has 98 valence electrons. The lowest BCUT2D eigenvalue weighted by Crippen LogP contribution is -2.12. The summed E-state index contributed by atoms with van der Waals surface area (Å²) in [5, 5.41) is 15.8. The second-order valence-electron chi connectivity index (χ2n) is 3.98. The van der Waals surface area contributed by atoms with E-state index in [4.69, 9.17) is 26.2 Å². The summed E-state index contributed by atoms with van der Waals surface area (Å²) in [7, 11) is 0. The molecule has 1 aliphatic rings. The second kappa shape index (κ2) is 4.56. The van der Waals surface area contributed by atoms with Crippen LogP contribution in [-0.4, -0.2) is 28.1 Å². The van der Waals surface area contributed by atoms with E-state index in [1.165, 1.54) is 6.07 Å². The number of nitrogens with zero attached hydrogens (tertiary/aromatic N) is 1. The van der Waals surface area contributed by atoms with E-state index in [1.807, 2.05) is 0 Å². The van der Waals surface area contributed by atoms with Crippen molar-refractivity contribution in [3.8, 4) is 17.0 Å². The Balaban J connectivity index is 2.15. The molecule has 2 aromatic rings. The van der Waals surface area contributed by atoms with Gasteiger partial charge in [-0.1, -0.05) is 11.6 Å². The van der Waals surface area contributed by atoms with Crippen LogP contribution in [0.2, 0.25) is 5.02 Å². The van der Waals surface area contributed by atoms with Gasteiger partial charge in [0.25, 0.3) is 0 Å². The highest BCUT2D eigenvalue weighted by molar-refractivity contribution is 6.33. The van der Waals surface area contributed by atoms with Gasteiger partial charge in [0.1, 0.15) is 11.4 Å². The Hall–Kier alpha value is -2.05. The number of fused-ring (bicyclic) bond motifs is 1. The molecular weight excluding hydrogens is 272 g/mol. The number of carboxylic acids is 1. The van der Waals surface area contributed by atoms with E-state index in [-0.39, 0.29) is 12.5 Å². The van der Waals surface area contributed by atoms with Gasteiger partial charge < -0.3 is 14.6 Å². The van der Waals surface area contributed by atoms with Gasteiger partial charge in [-0.15, -0.1) is 0 Å². The fraction of sp³-hybridized carbons (Fsp3) is 0.167. The van der Waals surface area contributed by atoms with Crippen molar-refractivity contribution < 1.29 is 19.4 Å². The summed E-state index contributed by atoms with van der Waals surface area (Å²) >= 11 is 6.17. The number of carbonyl (C=O) groups is 1. The largest absolute Gasteiger partial charge is 0.477 e. The zero-order chi connectivity index (χ0) is 13.4. The highest BCUT2D eigenvalue weighted by Gasteiger charge is 2.21. The molecule has 1 aromatic heterocycles. The molecule has 2 heterocycles. The number of aromatic carboxylic acids is 1. The van der Waals surface area contributed by atoms with E-state index in [0.717, 1.165) is 5.56 Å². The highest BCUT2D eigenvalue weighted by Crippen LogP contribution is 2.38. The van der Waals surface area contributed by atoms with Gasteiger partial charge in [-0.25, -0.2) is 4.79 Å². The maximum atomic E-state index is 10.9. The minimum absolute atomic E-state index is 0.00122. The van der Waals surface area contributed by atoms with E-state index < -0.39 is 5.97 Å². The summed E-state index contributed by atoms with van der Waals surface area (Å²) < 4.78 is 10.6. The van der Waals surface area contributed by atoms with E-state index >= 15 is 0 Å². The zero-order valence-electron chi connectivity index (χ0n) is 9.64. The first kappa shape index (κ1) is 12.0. The van der Waals surface area contributed by atoms with Crippen LogP contribution in [0.15, 0.2) is 18.2 Å². The van der Waals surface area contributed by atoms with Crippen LogP contribution in [0.5, 0.6) is 5.75 Å². The first-order chi connectivity index (χ1) is 9.16. The number of benzene rings is 1. The van der Waals surface area contributed by atoms with Gasteiger partial charge in [-0.2, -0.15) is 5.10 Å². The maximum absolute atomic E-state index is 10.9. The Labute approximate surface area is 112 Å². The molecule has 1 aliphatic heterocycles. The molecule has 1 aromatic carbocycles. The van der Waals surface area contributed by atoms with E-state index in [1.54, 1.807) is 12.1 Å². The summed E-state index contributed by atoms with van der Waals surface area (Å²) in [5.41, 5.74) is 1.85. The van der Waals surface area contributed by atoms with Gasteiger partial charge in [-0.3, -0.25) is 5.10 Å². The average Bonchev–Trinajstić information content (AvgIpc) is 2.88. The lowest BCUT2D eigenvalue weighted by molar-refractivity contribution is -0.0160. The number of hydrogen-bond acceptors (Lipinski definition) is 4. The summed E-state index contributed by atoms with van der Waals surface area (Å²) in [6.07, 6.45) is 0. The van der Waals surface area contributed by atoms with Crippen LogP contribution in [0.4, 0.5) is 0 Å². The van der Waals surface area contributed by atoms with Crippen molar-refractivity contribution in [1.82, 2.24) is 10.2 Å². The Morgan fingerprint density at radius 1 is 1.47 bits per heavy atom. The third kappa shape index (κ3) is 2.05. The molecule has 0 amide bonds. The van der Waals surface area contributed by atoms with Gasteiger partial charge in [0, 0.05) is 11.1 Å². The molecule has 0 saturated heterocycles. The summed E-state index contributed by atoms with van der Waals surface area (Å²) in [6, 6.07) is 4.88. The molecular formula is C12H9ClN2O4. The van der Waals surface area contributed by atoms with Gasteiger partial charge in [0.05, 0.1) is 17.3 Å².